The van der Waals surface area contributed by atoms with Gasteiger partial charge in [0, 0.05) is 31.8 Å². The van der Waals surface area contributed by atoms with Crippen LogP contribution >= 0.6 is 0 Å². The summed E-state index contributed by atoms with van der Waals surface area (Å²) >= 11 is 0. The van der Waals surface area contributed by atoms with Gasteiger partial charge in [0.25, 0.3) is 0 Å². The van der Waals surface area contributed by atoms with Crippen molar-refractivity contribution in [3.8, 4) is 0 Å². The number of fused-ring (bicyclic) bond motifs is 1. The Bertz CT molecular complexity index is 344. The van der Waals surface area contributed by atoms with Crippen LogP contribution in [0.2, 0.25) is 0 Å². The van der Waals surface area contributed by atoms with E-state index in [1.165, 1.54) is 0 Å². The first-order valence-electron chi connectivity index (χ1n) is 6.65. The maximum Gasteiger partial charge on any atom is 0.303 e. The molecule has 1 saturated heterocycles. The molecule has 4 atom stereocenters. The van der Waals surface area contributed by atoms with Gasteiger partial charge in [-0.15, -0.1) is 0 Å². The SMILES string of the molecule is CC(CC(=O)O)CC(=O)N1CC2CCC(O)C2C1. The summed E-state index contributed by atoms with van der Waals surface area (Å²) in [5.41, 5.74) is 0. The lowest BCUT2D eigenvalue weighted by atomic mass is 10.00. The van der Waals surface area contributed by atoms with Crippen LogP contribution in [0, 0.1) is 17.8 Å². The van der Waals surface area contributed by atoms with Crippen molar-refractivity contribution in [2.75, 3.05) is 13.1 Å². The van der Waals surface area contributed by atoms with Gasteiger partial charge in [-0.2, -0.15) is 0 Å². The van der Waals surface area contributed by atoms with Gasteiger partial charge in [0.05, 0.1) is 6.10 Å². The molecule has 102 valence electrons. The van der Waals surface area contributed by atoms with Gasteiger partial charge in [0.1, 0.15) is 0 Å². The largest absolute Gasteiger partial charge is 0.481 e. The van der Waals surface area contributed by atoms with Crippen molar-refractivity contribution < 1.29 is 19.8 Å². The molecule has 1 saturated carbocycles. The number of carbonyl (C=O) groups is 2. The number of amides is 1. The molecule has 0 aromatic heterocycles. The van der Waals surface area contributed by atoms with Gasteiger partial charge in [-0.3, -0.25) is 9.59 Å². The molecule has 2 N–H and O–H groups in total. The monoisotopic (exact) mass is 255 g/mol. The lowest BCUT2D eigenvalue weighted by molar-refractivity contribution is -0.138. The molecule has 1 aliphatic carbocycles. The highest BCUT2D eigenvalue weighted by Crippen LogP contribution is 2.38. The average Bonchev–Trinajstić information content (AvgIpc) is 2.80. The molecule has 1 heterocycles. The molecule has 0 bridgehead atoms. The summed E-state index contributed by atoms with van der Waals surface area (Å²) < 4.78 is 0. The van der Waals surface area contributed by atoms with Gasteiger partial charge in [-0.05, 0) is 24.7 Å². The van der Waals surface area contributed by atoms with Crippen molar-refractivity contribution in [2.45, 2.75) is 38.7 Å². The second-order valence-electron chi connectivity index (χ2n) is 5.77. The van der Waals surface area contributed by atoms with E-state index in [9.17, 15) is 14.7 Å². The highest BCUT2D eigenvalue weighted by molar-refractivity contribution is 5.77. The fourth-order valence-corrected chi connectivity index (χ4v) is 3.24. The Morgan fingerprint density at radius 2 is 2.00 bits per heavy atom. The highest BCUT2D eigenvalue weighted by Gasteiger charge is 2.43. The lowest BCUT2D eigenvalue weighted by Crippen LogP contribution is -2.32. The van der Waals surface area contributed by atoms with Crippen LogP contribution in [0.15, 0.2) is 0 Å². The number of nitrogens with zero attached hydrogens (tertiary/aromatic N) is 1. The number of aliphatic carboxylic acids is 1. The molecule has 0 spiro atoms. The molecular formula is C13H21NO4. The van der Waals surface area contributed by atoms with E-state index in [2.05, 4.69) is 0 Å². The standard InChI is InChI=1S/C13H21NO4/c1-8(5-13(17)18)4-12(16)14-6-9-2-3-11(15)10(9)7-14/h8-11,15H,2-7H2,1H3,(H,17,18). The molecule has 2 fully saturated rings. The van der Waals surface area contributed by atoms with E-state index in [-0.39, 0.29) is 30.3 Å². The van der Waals surface area contributed by atoms with Crippen LogP contribution < -0.4 is 0 Å². The third-order valence-electron chi connectivity index (χ3n) is 4.22. The predicted molar refractivity (Wildman–Crippen MR) is 64.8 cm³/mol. The molecule has 2 aliphatic rings. The molecule has 1 amide bonds. The van der Waals surface area contributed by atoms with Crippen molar-refractivity contribution >= 4 is 11.9 Å². The molecule has 0 radical (unpaired) electrons. The maximum atomic E-state index is 12.0. The number of hydrogen-bond acceptors (Lipinski definition) is 3. The predicted octanol–water partition coefficient (Wildman–Crippen LogP) is 0.717. The number of carboxylic acids is 1. The molecule has 5 nitrogen and oxygen atoms in total. The smallest absolute Gasteiger partial charge is 0.303 e. The Hall–Kier alpha value is -1.10. The molecule has 2 rings (SSSR count). The number of carbonyl (C=O) groups excluding carboxylic acids is 1. The number of aliphatic hydroxyl groups excluding tert-OH is 1. The zero-order valence-electron chi connectivity index (χ0n) is 10.7. The van der Waals surface area contributed by atoms with Crippen LogP contribution in [0.1, 0.15) is 32.6 Å². The van der Waals surface area contributed by atoms with Crippen LogP contribution in [0.25, 0.3) is 0 Å². The van der Waals surface area contributed by atoms with Crippen LogP contribution in [-0.4, -0.2) is 46.2 Å². The second-order valence-corrected chi connectivity index (χ2v) is 5.77. The zero-order chi connectivity index (χ0) is 13.3. The van der Waals surface area contributed by atoms with E-state index < -0.39 is 5.97 Å². The normalized spacial score (nSPS) is 32.3. The molecule has 0 aromatic carbocycles. The third-order valence-corrected chi connectivity index (χ3v) is 4.22. The quantitative estimate of drug-likeness (QED) is 0.776. The van der Waals surface area contributed by atoms with Crippen molar-refractivity contribution in [2.24, 2.45) is 17.8 Å². The second kappa shape index (κ2) is 5.26. The number of aliphatic hydroxyl groups is 1. The molecular weight excluding hydrogens is 234 g/mol. The maximum absolute atomic E-state index is 12.0. The molecule has 1 aliphatic heterocycles. The summed E-state index contributed by atoms with van der Waals surface area (Å²) in [6.45, 7) is 3.17. The van der Waals surface area contributed by atoms with Gasteiger partial charge in [-0.1, -0.05) is 6.92 Å². The topological polar surface area (TPSA) is 77.8 Å². The van der Waals surface area contributed by atoms with Gasteiger partial charge in [-0.25, -0.2) is 0 Å². The van der Waals surface area contributed by atoms with E-state index in [0.29, 0.717) is 18.9 Å². The van der Waals surface area contributed by atoms with Gasteiger partial charge in [0.2, 0.25) is 5.91 Å². The minimum atomic E-state index is -0.857. The summed E-state index contributed by atoms with van der Waals surface area (Å²) in [6.07, 6.45) is 1.92. The van der Waals surface area contributed by atoms with E-state index in [1.54, 1.807) is 11.8 Å². The molecule has 0 aromatic rings. The summed E-state index contributed by atoms with van der Waals surface area (Å²) in [4.78, 5) is 24.4. The van der Waals surface area contributed by atoms with E-state index in [0.717, 1.165) is 19.4 Å². The summed E-state index contributed by atoms with van der Waals surface area (Å²) in [7, 11) is 0. The Labute approximate surface area is 107 Å². The lowest BCUT2D eigenvalue weighted by Gasteiger charge is -2.20. The van der Waals surface area contributed by atoms with Gasteiger partial charge < -0.3 is 15.1 Å². The van der Waals surface area contributed by atoms with Crippen LogP contribution in [0.4, 0.5) is 0 Å². The summed E-state index contributed by atoms with van der Waals surface area (Å²) in [6, 6.07) is 0. The molecule has 4 unspecified atom stereocenters. The summed E-state index contributed by atoms with van der Waals surface area (Å²) in [5, 5.41) is 18.5. The van der Waals surface area contributed by atoms with Crippen molar-refractivity contribution in [3.05, 3.63) is 0 Å². The Balaban J connectivity index is 1.82. The molecule has 5 heteroatoms. The highest BCUT2D eigenvalue weighted by atomic mass is 16.4. The van der Waals surface area contributed by atoms with Crippen molar-refractivity contribution in [1.82, 2.24) is 4.90 Å². The minimum absolute atomic E-state index is 0.0327. The van der Waals surface area contributed by atoms with E-state index in [1.807, 2.05) is 0 Å². The van der Waals surface area contributed by atoms with Crippen LogP contribution in [0.3, 0.4) is 0 Å². The van der Waals surface area contributed by atoms with Crippen molar-refractivity contribution in [3.63, 3.8) is 0 Å². The first kappa shape index (κ1) is 13.3. The fourth-order valence-electron chi connectivity index (χ4n) is 3.24. The fraction of sp³-hybridized carbons (Fsp3) is 0.846. The number of likely N-dealkylation sites (tertiary alicyclic amines) is 1. The molecule has 18 heavy (non-hydrogen) atoms. The van der Waals surface area contributed by atoms with E-state index in [4.69, 9.17) is 5.11 Å². The Morgan fingerprint density at radius 3 is 2.61 bits per heavy atom. The Morgan fingerprint density at radius 1 is 1.28 bits per heavy atom. The number of carboxylic acid groups (broad SMARTS) is 1. The third kappa shape index (κ3) is 2.83. The minimum Gasteiger partial charge on any atom is -0.481 e. The number of hydrogen-bond donors (Lipinski definition) is 2. The average molecular weight is 255 g/mol. The summed E-state index contributed by atoms with van der Waals surface area (Å²) in [5.74, 6) is -0.266. The van der Waals surface area contributed by atoms with E-state index >= 15 is 0 Å². The van der Waals surface area contributed by atoms with Gasteiger partial charge >= 0.3 is 5.97 Å². The van der Waals surface area contributed by atoms with Gasteiger partial charge in [0.15, 0.2) is 0 Å². The number of rotatable bonds is 4. The van der Waals surface area contributed by atoms with Crippen molar-refractivity contribution in [1.29, 1.82) is 0 Å². The van der Waals surface area contributed by atoms with Crippen LogP contribution in [-0.2, 0) is 9.59 Å². The Kier molecular flexibility index (Phi) is 3.90. The first-order chi connectivity index (χ1) is 8.47. The zero-order valence-corrected chi connectivity index (χ0v) is 10.7. The van der Waals surface area contributed by atoms with Crippen LogP contribution in [0.5, 0.6) is 0 Å². The first-order valence-corrected chi connectivity index (χ1v) is 6.65.